The first-order valence-electron chi connectivity index (χ1n) is 9.04. The zero-order chi connectivity index (χ0) is 20.8. The number of hydrogen-bond acceptors (Lipinski definition) is 4. The number of para-hydroxylation sites is 1. The van der Waals surface area contributed by atoms with Gasteiger partial charge in [0.25, 0.3) is 5.91 Å². The molecule has 1 heterocycles. The number of rotatable bonds is 6. The Hall–Kier alpha value is -3.16. The van der Waals surface area contributed by atoms with E-state index in [1.54, 1.807) is 53.4 Å². The van der Waals surface area contributed by atoms with Gasteiger partial charge in [-0.2, -0.15) is 0 Å². The van der Waals surface area contributed by atoms with Crippen LogP contribution in [-0.4, -0.2) is 35.5 Å². The Labute approximate surface area is 172 Å². The molecule has 0 aromatic heterocycles. The van der Waals surface area contributed by atoms with Gasteiger partial charge in [-0.3, -0.25) is 19.6 Å². The van der Waals surface area contributed by atoms with Gasteiger partial charge >= 0.3 is 0 Å². The van der Waals surface area contributed by atoms with E-state index in [1.807, 2.05) is 0 Å². The van der Waals surface area contributed by atoms with E-state index in [1.165, 1.54) is 17.6 Å². The lowest BCUT2D eigenvalue weighted by molar-refractivity contribution is -0.126. The van der Waals surface area contributed by atoms with Crippen molar-refractivity contribution in [1.82, 2.24) is 10.8 Å². The maximum absolute atomic E-state index is 12.8. The van der Waals surface area contributed by atoms with Gasteiger partial charge in [0, 0.05) is 17.6 Å². The summed E-state index contributed by atoms with van der Waals surface area (Å²) in [6, 6.07) is 13.5. The predicted octanol–water partition coefficient (Wildman–Crippen LogP) is 2.32. The molecule has 0 aliphatic carbocycles. The number of hydroxylamine groups is 1. The lowest BCUT2D eigenvalue weighted by Gasteiger charge is -2.19. The number of anilines is 1. The van der Waals surface area contributed by atoms with Crippen molar-refractivity contribution in [1.29, 1.82) is 0 Å². The van der Waals surface area contributed by atoms with Crippen LogP contribution in [0.4, 0.5) is 5.69 Å². The summed E-state index contributed by atoms with van der Waals surface area (Å²) in [5.41, 5.74) is 3.62. The first-order valence-corrected chi connectivity index (χ1v) is 9.42. The fourth-order valence-corrected chi connectivity index (χ4v) is 3.29. The van der Waals surface area contributed by atoms with E-state index in [9.17, 15) is 14.4 Å². The number of nitrogens with zero attached hydrogens (tertiary/aromatic N) is 1. The highest BCUT2D eigenvalue weighted by atomic mass is 35.5. The maximum Gasteiger partial charge on any atom is 0.267 e. The fraction of sp³-hybridized carbons (Fsp3) is 0.190. The van der Waals surface area contributed by atoms with E-state index < -0.39 is 11.9 Å². The summed E-state index contributed by atoms with van der Waals surface area (Å²) in [6.07, 6.45) is 3.34. The minimum atomic E-state index is -0.667. The van der Waals surface area contributed by atoms with E-state index in [0.29, 0.717) is 29.2 Å². The van der Waals surface area contributed by atoms with Crippen LogP contribution in [0.5, 0.6) is 0 Å². The molecule has 29 heavy (non-hydrogen) atoms. The Kier molecular flexibility index (Phi) is 6.64. The maximum atomic E-state index is 12.8. The van der Waals surface area contributed by atoms with Crippen LogP contribution in [0.15, 0.2) is 54.6 Å². The van der Waals surface area contributed by atoms with Gasteiger partial charge in [-0.25, -0.2) is 5.48 Å². The largest absolute Gasteiger partial charge is 0.344 e. The topological polar surface area (TPSA) is 98.7 Å². The van der Waals surface area contributed by atoms with Gasteiger partial charge in [0.2, 0.25) is 11.8 Å². The second-order valence-corrected chi connectivity index (χ2v) is 7.01. The van der Waals surface area contributed by atoms with E-state index >= 15 is 0 Å². The summed E-state index contributed by atoms with van der Waals surface area (Å²) in [5.74, 6) is -1.11. The van der Waals surface area contributed by atoms with Crippen LogP contribution in [0.25, 0.3) is 6.08 Å². The van der Waals surface area contributed by atoms with Gasteiger partial charge in [-0.1, -0.05) is 41.9 Å². The van der Waals surface area contributed by atoms with Gasteiger partial charge in [0.05, 0.1) is 12.1 Å². The monoisotopic (exact) mass is 413 g/mol. The molecule has 1 saturated heterocycles. The highest BCUT2D eigenvalue weighted by molar-refractivity contribution is 6.30. The average molecular weight is 414 g/mol. The fourth-order valence-electron chi connectivity index (χ4n) is 3.16. The van der Waals surface area contributed by atoms with Crippen LogP contribution < -0.4 is 15.7 Å². The van der Waals surface area contributed by atoms with E-state index in [4.69, 9.17) is 16.8 Å². The molecular formula is C21H20ClN3O4. The molecule has 3 rings (SSSR count). The van der Waals surface area contributed by atoms with Crippen LogP contribution in [0.3, 0.4) is 0 Å². The van der Waals surface area contributed by atoms with Crippen molar-refractivity contribution in [3.05, 3.63) is 70.8 Å². The van der Waals surface area contributed by atoms with Gasteiger partial charge < -0.3 is 10.2 Å². The van der Waals surface area contributed by atoms with E-state index in [2.05, 4.69) is 5.32 Å². The highest BCUT2D eigenvalue weighted by Crippen LogP contribution is 2.26. The number of carbonyl (C=O) groups excluding carboxylic acids is 3. The average Bonchev–Trinajstić information content (AvgIpc) is 3.08. The molecule has 1 fully saturated rings. The summed E-state index contributed by atoms with van der Waals surface area (Å²) in [6.45, 7) is 0.446. The first kappa shape index (κ1) is 20.6. The molecule has 150 valence electrons. The van der Waals surface area contributed by atoms with Crippen LogP contribution in [0.1, 0.15) is 17.5 Å². The molecule has 1 atom stereocenters. The summed E-state index contributed by atoms with van der Waals surface area (Å²) in [4.78, 5) is 38.0. The lowest BCUT2D eigenvalue weighted by atomic mass is 10.1. The molecule has 0 radical (unpaired) electrons. The number of hydrogen-bond donors (Lipinski definition) is 3. The Balaban J connectivity index is 1.67. The van der Waals surface area contributed by atoms with Gasteiger partial charge in [0.1, 0.15) is 6.04 Å². The zero-order valence-electron chi connectivity index (χ0n) is 15.5. The minimum absolute atomic E-state index is 0.163. The van der Waals surface area contributed by atoms with Crippen molar-refractivity contribution in [2.24, 2.45) is 0 Å². The van der Waals surface area contributed by atoms with Crippen molar-refractivity contribution in [2.45, 2.75) is 18.9 Å². The van der Waals surface area contributed by atoms with Crippen LogP contribution in [0, 0.1) is 0 Å². The number of amides is 3. The summed E-state index contributed by atoms with van der Waals surface area (Å²) in [7, 11) is 0. The second-order valence-electron chi connectivity index (χ2n) is 6.57. The highest BCUT2D eigenvalue weighted by Gasteiger charge is 2.34. The van der Waals surface area contributed by atoms with Gasteiger partial charge in [-0.05, 0) is 41.8 Å². The van der Waals surface area contributed by atoms with Gasteiger partial charge in [0.15, 0.2) is 0 Å². The molecule has 1 unspecified atom stereocenters. The van der Waals surface area contributed by atoms with Crippen molar-refractivity contribution < 1.29 is 19.6 Å². The molecule has 7 nitrogen and oxygen atoms in total. The Morgan fingerprint density at radius 1 is 1.17 bits per heavy atom. The summed E-state index contributed by atoms with van der Waals surface area (Å²) >= 11 is 5.85. The van der Waals surface area contributed by atoms with Crippen molar-refractivity contribution in [2.75, 3.05) is 11.4 Å². The molecule has 0 spiro atoms. The molecule has 2 aromatic carbocycles. The van der Waals surface area contributed by atoms with Crippen LogP contribution >= 0.6 is 11.6 Å². The van der Waals surface area contributed by atoms with Crippen molar-refractivity contribution in [3.63, 3.8) is 0 Å². The number of carbonyl (C=O) groups is 3. The van der Waals surface area contributed by atoms with Gasteiger partial charge in [-0.15, -0.1) is 0 Å². The number of benzene rings is 2. The second kappa shape index (κ2) is 9.36. The quantitative estimate of drug-likeness (QED) is 0.384. The summed E-state index contributed by atoms with van der Waals surface area (Å²) in [5, 5.41) is 12.0. The Bertz CT molecular complexity index is 943. The third-order valence-corrected chi connectivity index (χ3v) is 4.82. The molecule has 8 heteroatoms. The van der Waals surface area contributed by atoms with Crippen molar-refractivity contribution in [3.8, 4) is 0 Å². The zero-order valence-corrected chi connectivity index (χ0v) is 16.2. The van der Waals surface area contributed by atoms with Crippen molar-refractivity contribution >= 4 is 41.1 Å². The molecule has 1 aliphatic rings. The van der Waals surface area contributed by atoms with Crippen LogP contribution in [-0.2, 0) is 20.8 Å². The molecule has 3 N–H and O–H groups in total. The molecule has 2 aromatic rings. The lowest BCUT2D eigenvalue weighted by Crippen LogP contribution is -2.42. The molecule has 0 saturated carbocycles. The Morgan fingerprint density at radius 3 is 2.62 bits per heavy atom. The third kappa shape index (κ3) is 5.22. The SMILES string of the molecule is O=C(/C=C/c1ccccc1N1CCC(NC(=O)Cc2ccc(Cl)cc2)C1=O)NO. The normalized spacial score (nSPS) is 16.3. The molecule has 0 bridgehead atoms. The van der Waals surface area contributed by atoms with E-state index in [-0.39, 0.29) is 18.2 Å². The molecule has 3 amide bonds. The number of nitrogens with one attached hydrogen (secondary N) is 2. The van der Waals surface area contributed by atoms with E-state index in [0.717, 1.165) is 5.56 Å². The predicted molar refractivity (Wildman–Crippen MR) is 109 cm³/mol. The number of halogens is 1. The smallest absolute Gasteiger partial charge is 0.267 e. The van der Waals surface area contributed by atoms with Crippen LogP contribution in [0.2, 0.25) is 5.02 Å². The first-order chi connectivity index (χ1) is 14.0. The Morgan fingerprint density at radius 2 is 1.90 bits per heavy atom. The molecular weight excluding hydrogens is 394 g/mol. The minimum Gasteiger partial charge on any atom is -0.344 e. The summed E-state index contributed by atoms with van der Waals surface area (Å²) < 4.78 is 0. The standard InChI is InChI=1S/C21H20ClN3O4/c22-16-8-5-14(6-9-16)13-20(27)23-17-11-12-25(21(17)28)18-4-2-1-3-15(18)7-10-19(26)24-29/h1-10,17,29H,11-13H2,(H,23,27)(H,24,26)/b10-7+. The third-order valence-electron chi connectivity index (χ3n) is 4.57. The molecule has 1 aliphatic heterocycles.